The Balaban J connectivity index is 1.50. The van der Waals surface area contributed by atoms with E-state index in [-0.39, 0.29) is 24.3 Å². The summed E-state index contributed by atoms with van der Waals surface area (Å²) in [6.07, 6.45) is 9.97. The average molecular weight is 425 g/mol. The minimum Gasteiger partial charge on any atom is -0.361 e. The van der Waals surface area contributed by atoms with Crippen LogP contribution in [-0.2, 0) is 9.59 Å². The van der Waals surface area contributed by atoms with E-state index in [9.17, 15) is 9.59 Å². The quantitative estimate of drug-likeness (QED) is 0.516. The van der Waals surface area contributed by atoms with Gasteiger partial charge in [0.2, 0.25) is 5.91 Å². The first-order valence-corrected chi connectivity index (χ1v) is 11.1. The number of hydrogen-bond donors (Lipinski definition) is 2. The number of H-pyrrole nitrogens is 1. The molecule has 0 radical (unpaired) electrons. The molecule has 1 aliphatic carbocycles. The van der Waals surface area contributed by atoms with Gasteiger partial charge >= 0.3 is 0 Å². The average Bonchev–Trinajstić information content (AvgIpc) is 3.30. The predicted octanol–water partition coefficient (Wildman–Crippen LogP) is 4.20. The van der Waals surface area contributed by atoms with Crippen molar-refractivity contribution in [2.45, 2.75) is 57.0 Å². The number of nitrogens with one attached hydrogen (secondary N) is 2. The highest BCUT2D eigenvalue weighted by atomic mass is 32.1. The number of aromatic amines is 1. The molecule has 0 spiro atoms. The number of nitrogens with zero attached hydrogens (tertiary/aromatic N) is 2. The van der Waals surface area contributed by atoms with Gasteiger partial charge in [0.15, 0.2) is 5.11 Å². The Morgan fingerprint density at radius 1 is 1.27 bits per heavy atom. The summed E-state index contributed by atoms with van der Waals surface area (Å²) >= 11 is 5.70. The first kappa shape index (κ1) is 20.6. The van der Waals surface area contributed by atoms with Crippen LogP contribution in [0.1, 0.15) is 44.9 Å². The molecule has 1 aromatic heterocycles. The maximum atomic E-state index is 13.2. The topological polar surface area (TPSA) is 68.4 Å². The molecular weight excluding hydrogens is 396 g/mol. The van der Waals surface area contributed by atoms with Crippen molar-refractivity contribution in [1.82, 2.24) is 14.8 Å². The van der Waals surface area contributed by atoms with E-state index in [4.69, 9.17) is 12.2 Å². The minimum atomic E-state index is -0.528. The molecule has 1 aliphatic heterocycles. The Bertz CT molecular complexity index is 963. The van der Waals surface area contributed by atoms with Crippen LogP contribution in [0.25, 0.3) is 10.9 Å². The summed E-state index contributed by atoms with van der Waals surface area (Å²) in [4.78, 5) is 32.9. The molecule has 2 aromatic rings. The summed E-state index contributed by atoms with van der Waals surface area (Å²) in [7, 11) is 0. The van der Waals surface area contributed by atoms with Gasteiger partial charge < -0.3 is 15.2 Å². The summed E-state index contributed by atoms with van der Waals surface area (Å²) in [6, 6.07) is 7.44. The first-order valence-electron chi connectivity index (χ1n) is 10.7. The van der Waals surface area contributed by atoms with E-state index < -0.39 is 6.04 Å². The molecule has 158 valence electrons. The lowest BCUT2D eigenvalue weighted by atomic mass is 9.93. The van der Waals surface area contributed by atoms with Gasteiger partial charge in [-0.1, -0.05) is 31.4 Å². The number of amides is 2. The second-order valence-electron chi connectivity index (χ2n) is 8.10. The van der Waals surface area contributed by atoms with Crippen LogP contribution in [0.15, 0.2) is 43.1 Å². The normalized spacial score (nSPS) is 20.2. The van der Waals surface area contributed by atoms with Gasteiger partial charge in [0.1, 0.15) is 6.04 Å². The van der Waals surface area contributed by atoms with Crippen molar-refractivity contribution in [1.29, 1.82) is 0 Å². The smallest absolute Gasteiger partial charge is 0.252 e. The van der Waals surface area contributed by atoms with Crippen molar-refractivity contribution in [2.75, 3.05) is 11.9 Å². The number of hydrogen-bond acceptors (Lipinski definition) is 3. The van der Waals surface area contributed by atoms with E-state index in [0.29, 0.717) is 18.1 Å². The molecule has 30 heavy (non-hydrogen) atoms. The predicted molar refractivity (Wildman–Crippen MR) is 123 cm³/mol. The zero-order valence-corrected chi connectivity index (χ0v) is 17.9. The van der Waals surface area contributed by atoms with E-state index in [2.05, 4.69) is 16.9 Å². The van der Waals surface area contributed by atoms with Crippen molar-refractivity contribution in [3.05, 3.63) is 43.1 Å². The number of thiocarbonyl (C=S) groups is 1. The number of benzene rings is 1. The summed E-state index contributed by atoms with van der Waals surface area (Å²) < 4.78 is 0. The summed E-state index contributed by atoms with van der Waals surface area (Å²) in [5.41, 5.74) is 1.68. The van der Waals surface area contributed by atoms with Crippen LogP contribution in [0.2, 0.25) is 0 Å². The van der Waals surface area contributed by atoms with E-state index in [1.54, 1.807) is 11.0 Å². The number of fused-ring (bicyclic) bond motifs is 1. The molecule has 1 aromatic carbocycles. The van der Waals surface area contributed by atoms with Gasteiger partial charge in [0.25, 0.3) is 5.91 Å². The molecule has 2 fully saturated rings. The second kappa shape index (κ2) is 9.00. The lowest BCUT2D eigenvalue weighted by molar-refractivity contribution is -0.131. The standard InChI is InChI=1S/C23H28N4O2S/c1-2-3-13-26-22(29)20(27(23(26)30)18-7-5-4-6-8-18)15-21(28)25-17-10-9-16-11-12-24-19(16)14-17/h2,9-12,14,18,20,24H,1,3-8,13,15H2,(H,25,28). The molecule has 2 N–H and O–H groups in total. The number of anilines is 1. The molecule has 1 saturated carbocycles. The van der Waals surface area contributed by atoms with Gasteiger partial charge in [-0.2, -0.15) is 0 Å². The van der Waals surface area contributed by atoms with Crippen molar-refractivity contribution in [3.63, 3.8) is 0 Å². The van der Waals surface area contributed by atoms with Crippen LogP contribution in [0.4, 0.5) is 5.69 Å². The molecule has 1 atom stereocenters. The van der Waals surface area contributed by atoms with Crippen LogP contribution >= 0.6 is 12.2 Å². The molecule has 1 saturated heterocycles. The highest BCUT2D eigenvalue weighted by molar-refractivity contribution is 7.80. The number of aromatic nitrogens is 1. The fraction of sp³-hybridized carbons (Fsp3) is 0.435. The van der Waals surface area contributed by atoms with Crippen LogP contribution in [0.3, 0.4) is 0 Å². The zero-order chi connectivity index (χ0) is 21.1. The third kappa shape index (κ3) is 4.12. The van der Waals surface area contributed by atoms with Gasteiger partial charge in [-0.15, -0.1) is 6.58 Å². The summed E-state index contributed by atoms with van der Waals surface area (Å²) in [5.74, 6) is -0.240. The second-order valence-corrected chi connectivity index (χ2v) is 8.46. The van der Waals surface area contributed by atoms with Crippen LogP contribution in [-0.4, -0.2) is 50.3 Å². The number of rotatable bonds is 7. The first-order chi connectivity index (χ1) is 14.6. The summed E-state index contributed by atoms with van der Waals surface area (Å²) in [5, 5.41) is 4.61. The minimum absolute atomic E-state index is 0.0672. The Kier molecular flexibility index (Phi) is 6.18. The van der Waals surface area contributed by atoms with Gasteiger partial charge in [-0.05, 0) is 55.1 Å². The molecule has 2 amide bonds. The number of carbonyl (C=O) groups excluding carboxylic acids is 2. The lowest BCUT2D eigenvalue weighted by Gasteiger charge is -2.35. The fourth-order valence-electron chi connectivity index (χ4n) is 4.56. The van der Waals surface area contributed by atoms with Crippen LogP contribution in [0.5, 0.6) is 0 Å². The third-order valence-corrected chi connectivity index (χ3v) is 6.51. The zero-order valence-electron chi connectivity index (χ0n) is 17.1. The molecule has 1 unspecified atom stereocenters. The SMILES string of the molecule is C=CCCN1C(=O)C(CC(=O)Nc2ccc3cc[nH]c3c2)N(C2CCCCC2)C1=S. The Hall–Kier alpha value is -2.67. The van der Waals surface area contributed by atoms with Gasteiger partial charge in [0, 0.05) is 30.0 Å². The Morgan fingerprint density at radius 2 is 2.07 bits per heavy atom. The van der Waals surface area contributed by atoms with Gasteiger partial charge in [0.05, 0.1) is 6.42 Å². The van der Waals surface area contributed by atoms with Crippen molar-refractivity contribution in [2.24, 2.45) is 0 Å². The van der Waals surface area contributed by atoms with E-state index in [1.165, 1.54) is 6.42 Å². The van der Waals surface area contributed by atoms with Crippen molar-refractivity contribution in [3.8, 4) is 0 Å². The molecule has 2 heterocycles. The maximum Gasteiger partial charge on any atom is 0.252 e. The van der Waals surface area contributed by atoms with Crippen LogP contribution < -0.4 is 5.32 Å². The maximum absolute atomic E-state index is 13.2. The largest absolute Gasteiger partial charge is 0.361 e. The van der Waals surface area contributed by atoms with Crippen molar-refractivity contribution < 1.29 is 9.59 Å². The molecule has 6 nitrogen and oxygen atoms in total. The highest BCUT2D eigenvalue weighted by Gasteiger charge is 2.45. The lowest BCUT2D eigenvalue weighted by Crippen LogP contribution is -2.45. The molecule has 7 heteroatoms. The van der Waals surface area contributed by atoms with Gasteiger partial charge in [-0.25, -0.2) is 0 Å². The summed E-state index contributed by atoms with van der Waals surface area (Å²) in [6.45, 7) is 4.27. The molecular formula is C23H28N4O2S. The van der Waals surface area contributed by atoms with E-state index >= 15 is 0 Å². The van der Waals surface area contributed by atoms with E-state index in [0.717, 1.165) is 42.3 Å². The molecule has 0 bridgehead atoms. The monoisotopic (exact) mass is 424 g/mol. The third-order valence-electron chi connectivity index (χ3n) is 6.08. The fourth-order valence-corrected chi connectivity index (χ4v) is 5.02. The molecule has 2 aliphatic rings. The van der Waals surface area contributed by atoms with Gasteiger partial charge in [-0.3, -0.25) is 14.5 Å². The Labute approximate surface area is 182 Å². The van der Waals surface area contributed by atoms with E-state index in [1.807, 2.05) is 35.4 Å². The number of carbonyl (C=O) groups is 2. The molecule has 4 rings (SSSR count). The van der Waals surface area contributed by atoms with Crippen molar-refractivity contribution >= 4 is 45.7 Å². The highest BCUT2D eigenvalue weighted by Crippen LogP contribution is 2.31. The Morgan fingerprint density at radius 3 is 2.83 bits per heavy atom. The van der Waals surface area contributed by atoms with Crippen LogP contribution in [0, 0.1) is 0 Å².